The molecule has 1 aliphatic heterocycles. The number of hydrogen-bond donors (Lipinski definition) is 2. The first-order valence-corrected chi connectivity index (χ1v) is 13.1. The van der Waals surface area contributed by atoms with Gasteiger partial charge < -0.3 is 15.4 Å². The summed E-state index contributed by atoms with van der Waals surface area (Å²) in [5, 5.41) is 15.6. The number of hydrogen-bond acceptors (Lipinski definition) is 6. The molecule has 1 aromatic heterocycles. The molecule has 0 bridgehead atoms. The normalized spacial score (nSPS) is 17.9. The van der Waals surface area contributed by atoms with E-state index in [0.717, 1.165) is 40.2 Å². The SMILES string of the molecule is CC1(C)CC(=O)C2=C(C1)Nc1ccccc1NC2c1cccc(OCc2cn(Cc3ccc(F)cc3)nn2)c1. The van der Waals surface area contributed by atoms with Crippen molar-refractivity contribution in [2.45, 2.75) is 45.9 Å². The van der Waals surface area contributed by atoms with Crippen LogP contribution in [0.2, 0.25) is 0 Å². The molecule has 2 heterocycles. The summed E-state index contributed by atoms with van der Waals surface area (Å²) in [7, 11) is 0. The summed E-state index contributed by atoms with van der Waals surface area (Å²) >= 11 is 0. The zero-order valence-corrected chi connectivity index (χ0v) is 21.9. The van der Waals surface area contributed by atoms with Crippen LogP contribution in [0.1, 0.15) is 49.6 Å². The first kappa shape index (κ1) is 24.9. The molecule has 1 aliphatic carbocycles. The van der Waals surface area contributed by atoms with Crippen molar-refractivity contribution >= 4 is 17.2 Å². The lowest BCUT2D eigenvalue weighted by Gasteiger charge is -2.34. The van der Waals surface area contributed by atoms with Gasteiger partial charge in [-0.2, -0.15) is 0 Å². The summed E-state index contributed by atoms with van der Waals surface area (Å²) in [6.45, 7) is 5.02. The van der Waals surface area contributed by atoms with Gasteiger partial charge in [0.05, 0.1) is 30.2 Å². The van der Waals surface area contributed by atoms with Gasteiger partial charge in [-0.1, -0.05) is 55.5 Å². The number of anilines is 2. The van der Waals surface area contributed by atoms with Crippen LogP contribution in [-0.4, -0.2) is 20.8 Å². The molecule has 1 atom stereocenters. The van der Waals surface area contributed by atoms with E-state index in [0.29, 0.717) is 24.4 Å². The summed E-state index contributed by atoms with van der Waals surface area (Å²) in [6.07, 6.45) is 3.12. The highest BCUT2D eigenvalue weighted by atomic mass is 19.1. The lowest BCUT2D eigenvalue weighted by Crippen LogP contribution is -2.31. The van der Waals surface area contributed by atoms with Crippen molar-refractivity contribution in [2.24, 2.45) is 5.41 Å². The van der Waals surface area contributed by atoms with Crippen LogP contribution >= 0.6 is 0 Å². The molecular weight excluding hydrogens is 493 g/mol. The number of halogens is 1. The van der Waals surface area contributed by atoms with Crippen LogP contribution < -0.4 is 15.4 Å². The van der Waals surface area contributed by atoms with E-state index in [1.165, 1.54) is 12.1 Å². The molecule has 198 valence electrons. The van der Waals surface area contributed by atoms with E-state index in [-0.39, 0.29) is 29.7 Å². The van der Waals surface area contributed by atoms with E-state index in [1.54, 1.807) is 16.8 Å². The van der Waals surface area contributed by atoms with Crippen molar-refractivity contribution < 1.29 is 13.9 Å². The van der Waals surface area contributed by atoms with Crippen LogP contribution in [0.3, 0.4) is 0 Å². The number of aromatic nitrogens is 3. The number of nitrogens with one attached hydrogen (secondary N) is 2. The minimum Gasteiger partial charge on any atom is -0.487 e. The van der Waals surface area contributed by atoms with Gasteiger partial charge >= 0.3 is 0 Å². The lowest BCUT2D eigenvalue weighted by atomic mass is 9.73. The van der Waals surface area contributed by atoms with Gasteiger partial charge in [-0.3, -0.25) is 4.79 Å². The van der Waals surface area contributed by atoms with E-state index < -0.39 is 0 Å². The highest BCUT2D eigenvalue weighted by molar-refractivity contribution is 6.01. The molecule has 3 aromatic carbocycles. The molecule has 0 fully saturated rings. The minimum absolute atomic E-state index is 0.105. The number of carbonyl (C=O) groups is 1. The Morgan fingerprint density at radius 3 is 2.64 bits per heavy atom. The Bertz CT molecular complexity index is 1560. The van der Waals surface area contributed by atoms with Gasteiger partial charge in [-0.15, -0.1) is 5.10 Å². The van der Waals surface area contributed by atoms with Crippen LogP contribution in [0, 0.1) is 11.2 Å². The molecule has 8 heteroatoms. The van der Waals surface area contributed by atoms with Gasteiger partial charge in [0.15, 0.2) is 5.78 Å². The quantitative estimate of drug-likeness (QED) is 0.310. The maximum Gasteiger partial charge on any atom is 0.163 e. The standard InChI is InChI=1S/C31H30FN5O2/c1-31(2)15-27-29(28(38)16-31)30(34-26-9-4-3-8-25(26)33-27)21-6-5-7-24(14-21)39-19-23-18-37(36-35-23)17-20-10-12-22(32)13-11-20/h3-14,18,30,33-34H,15-17,19H2,1-2H3. The fraction of sp³-hybridized carbons (Fsp3) is 0.258. The maximum absolute atomic E-state index is 13.5. The highest BCUT2D eigenvalue weighted by Gasteiger charge is 2.38. The minimum atomic E-state index is -0.306. The number of rotatable bonds is 6. The first-order chi connectivity index (χ1) is 18.8. The zero-order chi connectivity index (χ0) is 27.0. The van der Waals surface area contributed by atoms with Gasteiger partial charge in [0.1, 0.15) is 23.9 Å². The largest absolute Gasteiger partial charge is 0.487 e. The van der Waals surface area contributed by atoms with Crippen LogP contribution in [-0.2, 0) is 17.9 Å². The third-order valence-electron chi connectivity index (χ3n) is 7.14. The molecular formula is C31H30FN5O2. The smallest absolute Gasteiger partial charge is 0.163 e. The molecule has 0 amide bonds. The van der Waals surface area contributed by atoms with E-state index in [1.807, 2.05) is 54.7 Å². The number of ketones is 1. The van der Waals surface area contributed by atoms with E-state index in [9.17, 15) is 9.18 Å². The molecule has 6 rings (SSSR count). The van der Waals surface area contributed by atoms with Crippen molar-refractivity contribution in [2.75, 3.05) is 10.6 Å². The third-order valence-corrected chi connectivity index (χ3v) is 7.14. The van der Waals surface area contributed by atoms with Crippen LogP contribution in [0.5, 0.6) is 5.75 Å². The Morgan fingerprint density at radius 1 is 1.03 bits per heavy atom. The predicted molar refractivity (Wildman–Crippen MR) is 148 cm³/mol. The Hall–Kier alpha value is -4.46. The number of benzene rings is 3. The molecule has 0 radical (unpaired) electrons. The molecule has 0 spiro atoms. The third kappa shape index (κ3) is 5.41. The zero-order valence-electron chi connectivity index (χ0n) is 21.9. The molecule has 7 nitrogen and oxygen atoms in total. The summed E-state index contributed by atoms with van der Waals surface area (Å²) in [4.78, 5) is 13.5. The fourth-order valence-corrected chi connectivity index (χ4v) is 5.34. The number of nitrogens with zero attached hydrogens (tertiary/aromatic N) is 3. The summed E-state index contributed by atoms with van der Waals surface area (Å²) in [6, 6.07) is 21.9. The van der Waals surface area contributed by atoms with Gasteiger partial charge in [0.2, 0.25) is 0 Å². The van der Waals surface area contributed by atoms with E-state index >= 15 is 0 Å². The van der Waals surface area contributed by atoms with Gasteiger partial charge in [-0.25, -0.2) is 9.07 Å². The molecule has 39 heavy (non-hydrogen) atoms. The number of para-hydroxylation sites is 2. The number of allylic oxidation sites excluding steroid dienone is 1. The van der Waals surface area contributed by atoms with Crippen LogP contribution in [0.25, 0.3) is 0 Å². The fourth-order valence-electron chi connectivity index (χ4n) is 5.34. The van der Waals surface area contributed by atoms with Gasteiger partial charge in [-0.05, 0) is 59.4 Å². The van der Waals surface area contributed by atoms with E-state index in [4.69, 9.17) is 4.74 Å². The maximum atomic E-state index is 13.5. The Morgan fingerprint density at radius 2 is 1.82 bits per heavy atom. The number of ether oxygens (including phenoxy) is 1. The van der Waals surface area contributed by atoms with Crippen molar-refractivity contribution in [3.8, 4) is 5.75 Å². The monoisotopic (exact) mass is 523 g/mol. The van der Waals surface area contributed by atoms with Gasteiger partial charge in [0.25, 0.3) is 0 Å². The Kier molecular flexibility index (Phi) is 6.38. The molecule has 1 unspecified atom stereocenters. The molecule has 4 aromatic rings. The summed E-state index contributed by atoms with van der Waals surface area (Å²) in [5.74, 6) is 0.569. The molecule has 0 saturated heterocycles. The average molecular weight is 524 g/mol. The van der Waals surface area contributed by atoms with Crippen molar-refractivity contribution in [3.05, 3.63) is 113 Å². The van der Waals surface area contributed by atoms with Gasteiger partial charge in [0, 0.05) is 17.7 Å². The Balaban J connectivity index is 1.23. The first-order valence-electron chi connectivity index (χ1n) is 13.1. The van der Waals surface area contributed by atoms with Crippen molar-refractivity contribution in [1.29, 1.82) is 0 Å². The predicted octanol–water partition coefficient (Wildman–Crippen LogP) is 6.27. The second-order valence-corrected chi connectivity index (χ2v) is 11.0. The number of fused-ring (bicyclic) bond motifs is 1. The summed E-state index contributed by atoms with van der Waals surface area (Å²) < 4.78 is 21.0. The number of carbonyl (C=O) groups excluding carboxylic acids is 1. The highest BCUT2D eigenvalue weighted by Crippen LogP contribution is 2.45. The second-order valence-electron chi connectivity index (χ2n) is 11.0. The Labute approximate surface area is 226 Å². The second kappa shape index (κ2) is 10.0. The van der Waals surface area contributed by atoms with Crippen LogP contribution in [0.4, 0.5) is 15.8 Å². The van der Waals surface area contributed by atoms with E-state index in [2.05, 4.69) is 34.8 Å². The summed E-state index contributed by atoms with van der Waals surface area (Å²) in [5.41, 5.74) is 6.14. The van der Waals surface area contributed by atoms with Crippen molar-refractivity contribution in [1.82, 2.24) is 15.0 Å². The van der Waals surface area contributed by atoms with Crippen LogP contribution in [0.15, 0.2) is 90.3 Å². The lowest BCUT2D eigenvalue weighted by molar-refractivity contribution is -0.118. The molecule has 0 saturated carbocycles. The molecule has 2 aliphatic rings. The van der Waals surface area contributed by atoms with Crippen molar-refractivity contribution in [3.63, 3.8) is 0 Å². The topological polar surface area (TPSA) is 81.1 Å². The molecule has 2 N–H and O–H groups in total. The average Bonchev–Trinajstić information content (AvgIpc) is 3.28. The number of Topliss-reactive ketones (excluding diaryl/α,β-unsaturated/α-hetero) is 1.